The fourth-order valence-corrected chi connectivity index (χ4v) is 4.73. The number of methoxy groups -OCH3 is 1. The van der Waals surface area contributed by atoms with Crippen LogP contribution in [0.5, 0.6) is 0 Å². The molecule has 2 aromatic carbocycles. The fraction of sp³-hybridized carbons (Fsp3) is 0.217. The Labute approximate surface area is 187 Å². The van der Waals surface area contributed by atoms with Gasteiger partial charge in [-0.3, -0.25) is 18.6 Å². The number of ether oxygens (including phenoxy) is 1. The molecule has 1 N–H and O–H groups in total. The van der Waals surface area contributed by atoms with Crippen molar-refractivity contribution in [3.8, 4) is 0 Å². The molecule has 0 radical (unpaired) electrons. The molecule has 0 saturated carbocycles. The number of fused-ring (bicyclic) bond motifs is 4. The van der Waals surface area contributed by atoms with E-state index in [9.17, 15) is 9.59 Å². The Balaban J connectivity index is 1.52. The number of aromatic nitrogens is 5. The molecule has 0 aliphatic carbocycles. The van der Waals surface area contributed by atoms with Crippen molar-refractivity contribution in [3.05, 3.63) is 70.6 Å². The highest BCUT2D eigenvalue weighted by Crippen LogP contribution is 2.24. The van der Waals surface area contributed by atoms with Crippen molar-refractivity contribution >= 4 is 45.1 Å². The van der Waals surface area contributed by atoms with Gasteiger partial charge < -0.3 is 9.72 Å². The van der Waals surface area contributed by atoms with Gasteiger partial charge in [-0.05, 0) is 24.6 Å². The van der Waals surface area contributed by atoms with Gasteiger partial charge in [-0.1, -0.05) is 42.1 Å². The first kappa shape index (κ1) is 20.5. The molecule has 5 aromatic rings. The molecule has 5 rings (SSSR count). The maximum absolute atomic E-state index is 13.1. The summed E-state index contributed by atoms with van der Waals surface area (Å²) in [6.45, 7) is 1.01. The van der Waals surface area contributed by atoms with Crippen LogP contribution in [-0.4, -0.2) is 49.4 Å². The molecular formula is C23H21N5O3S. The minimum atomic E-state index is -0.108. The number of Topliss-reactive ketones (excluding diaryl/α,β-unsaturated/α-hetero) is 1. The Hall–Kier alpha value is -3.43. The van der Waals surface area contributed by atoms with Crippen LogP contribution in [0.25, 0.3) is 27.6 Å². The third-order valence-electron chi connectivity index (χ3n) is 5.43. The lowest BCUT2D eigenvalue weighted by atomic mass is 10.1. The van der Waals surface area contributed by atoms with Gasteiger partial charge in [-0.2, -0.15) is 0 Å². The number of nitrogens with one attached hydrogen (secondary N) is 1. The van der Waals surface area contributed by atoms with Crippen LogP contribution in [0.2, 0.25) is 0 Å². The normalized spacial score (nSPS) is 11.7. The number of hydrogen-bond donors (Lipinski definition) is 1. The Bertz CT molecular complexity index is 1500. The number of para-hydroxylation sites is 2. The van der Waals surface area contributed by atoms with Gasteiger partial charge in [-0.25, -0.2) is 0 Å². The number of carbonyl (C=O) groups excluding carboxylic acids is 1. The highest BCUT2D eigenvalue weighted by atomic mass is 32.2. The molecule has 32 heavy (non-hydrogen) atoms. The fourth-order valence-electron chi connectivity index (χ4n) is 3.91. The van der Waals surface area contributed by atoms with Crippen molar-refractivity contribution in [2.24, 2.45) is 0 Å². The van der Waals surface area contributed by atoms with Crippen LogP contribution in [0.4, 0.5) is 0 Å². The maximum Gasteiger partial charge on any atom is 0.262 e. The summed E-state index contributed by atoms with van der Waals surface area (Å²) in [5.41, 5.74) is 2.20. The number of ketones is 1. The molecule has 9 heteroatoms. The molecule has 0 amide bonds. The first-order valence-electron chi connectivity index (χ1n) is 10.3. The number of aryl methyl sites for hydroxylation is 1. The molecule has 0 bridgehead atoms. The summed E-state index contributed by atoms with van der Waals surface area (Å²) in [6.07, 6.45) is 2.43. The lowest BCUT2D eigenvalue weighted by molar-refractivity contribution is 0.102. The van der Waals surface area contributed by atoms with Crippen molar-refractivity contribution < 1.29 is 9.53 Å². The predicted molar refractivity (Wildman–Crippen MR) is 125 cm³/mol. The summed E-state index contributed by atoms with van der Waals surface area (Å²) in [4.78, 5) is 29.2. The van der Waals surface area contributed by atoms with E-state index < -0.39 is 0 Å². The van der Waals surface area contributed by atoms with Crippen molar-refractivity contribution in [2.75, 3.05) is 19.5 Å². The van der Waals surface area contributed by atoms with E-state index >= 15 is 0 Å². The third kappa shape index (κ3) is 3.49. The summed E-state index contributed by atoms with van der Waals surface area (Å²) in [5, 5.41) is 10.7. The second kappa shape index (κ2) is 8.60. The summed E-state index contributed by atoms with van der Waals surface area (Å²) in [7, 11) is 1.63. The number of rotatable bonds is 8. The molecule has 0 spiro atoms. The smallest absolute Gasteiger partial charge is 0.262 e. The summed E-state index contributed by atoms with van der Waals surface area (Å²) in [6, 6.07) is 15.1. The molecular weight excluding hydrogens is 426 g/mol. The van der Waals surface area contributed by atoms with Crippen LogP contribution >= 0.6 is 11.8 Å². The van der Waals surface area contributed by atoms with E-state index in [0.29, 0.717) is 41.5 Å². The van der Waals surface area contributed by atoms with Crippen LogP contribution in [0.15, 0.2) is 64.7 Å². The summed E-state index contributed by atoms with van der Waals surface area (Å²) >= 11 is 1.32. The molecule has 0 atom stereocenters. The van der Waals surface area contributed by atoms with E-state index in [2.05, 4.69) is 15.2 Å². The quantitative estimate of drug-likeness (QED) is 0.222. The van der Waals surface area contributed by atoms with Crippen LogP contribution in [0, 0.1) is 0 Å². The standard InChI is InChI=1S/C23H21N5O3S/c1-31-12-6-11-27-21(30)16-8-3-5-10-19(16)28-22(27)25-26-23(28)32-14-20(29)17-13-24-18-9-4-2-7-15(17)18/h2-5,7-10,13,24H,6,11-12,14H2,1H3. The molecule has 0 unspecified atom stereocenters. The average Bonchev–Trinajstić information content (AvgIpc) is 3.44. The Morgan fingerprint density at radius 2 is 1.88 bits per heavy atom. The van der Waals surface area contributed by atoms with Crippen LogP contribution in [-0.2, 0) is 11.3 Å². The van der Waals surface area contributed by atoms with Crippen molar-refractivity contribution in [1.82, 2.24) is 24.1 Å². The van der Waals surface area contributed by atoms with Crippen LogP contribution in [0.1, 0.15) is 16.8 Å². The topological polar surface area (TPSA) is 94.3 Å². The van der Waals surface area contributed by atoms with Gasteiger partial charge in [0.2, 0.25) is 5.78 Å². The first-order valence-corrected chi connectivity index (χ1v) is 11.3. The molecule has 0 aliphatic rings. The van der Waals surface area contributed by atoms with E-state index in [1.807, 2.05) is 46.9 Å². The largest absolute Gasteiger partial charge is 0.385 e. The van der Waals surface area contributed by atoms with Gasteiger partial charge in [0.15, 0.2) is 10.9 Å². The van der Waals surface area contributed by atoms with E-state index in [1.54, 1.807) is 23.9 Å². The van der Waals surface area contributed by atoms with Gasteiger partial charge in [0.05, 0.1) is 16.7 Å². The third-order valence-corrected chi connectivity index (χ3v) is 6.36. The number of aromatic amines is 1. The first-order chi connectivity index (χ1) is 15.7. The Kier molecular flexibility index (Phi) is 5.50. The maximum atomic E-state index is 13.1. The molecule has 0 fully saturated rings. The van der Waals surface area contributed by atoms with E-state index in [4.69, 9.17) is 4.74 Å². The van der Waals surface area contributed by atoms with Gasteiger partial charge in [0, 0.05) is 42.9 Å². The lowest BCUT2D eigenvalue weighted by Gasteiger charge is -2.11. The van der Waals surface area contributed by atoms with E-state index in [-0.39, 0.29) is 17.1 Å². The minimum absolute atomic E-state index is 0.00178. The minimum Gasteiger partial charge on any atom is -0.385 e. The highest BCUT2D eigenvalue weighted by Gasteiger charge is 2.19. The highest BCUT2D eigenvalue weighted by molar-refractivity contribution is 7.99. The zero-order chi connectivity index (χ0) is 22.1. The second-order valence-electron chi connectivity index (χ2n) is 7.40. The number of carbonyl (C=O) groups is 1. The van der Waals surface area contributed by atoms with E-state index in [0.717, 1.165) is 16.4 Å². The van der Waals surface area contributed by atoms with Gasteiger partial charge in [0.1, 0.15) is 0 Å². The Morgan fingerprint density at radius 1 is 1.09 bits per heavy atom. The number of nitrogens with zero attached hydrogens (tertiary/aromatic N) is 4. The van der Waals surface area contributed by atoms with Crippen LogP contribution < -0.4 is 5.56 Å². The van der Waals surface area contributed by atoms with E-state index in [1.165, 1.54) is 11.8 Å². The van der Waals surface area contributed by atoms with Crippen LogP contribution in [0.3, 0.4) is 0 Å². The zero-order valence-corrected chi connectivity index (χ0v) is 18.3. The number of hydrogen-bond acceptors (Lipinski definition) is 6. The Morgan fingerprint density at radius 3 is 2.72 bits per heavy atom. The molecule has 3 aromatic heterocycles. The predicted octanol–water partition coefficient (Wildman–Crippen LogP) is 3.54. The molecule has 0 saturated heterocycles. The molecule has 0 aliphatic heterocycles. The van der Waals surface area contributed by atoms with Gasteiger partial charge in [-0.15, -0.1) is 10.2 Å². The molecule has 8 nitrogen and oxygen atoms in total. The molecule has 3 heterocycles. The van der Waals surface area contributed by atoms with Gasteiger partial charge >= 0.3 is 0 Å². The SMILES string of the molecule is COCCCn1c(=O)c2ccccc2n2c(SCC(=O)c3c[nH]c4ccccc34)nnc12. The van der Waals surface area contributed by atoms with Crippen molar-refractivity contribution in [1.29, 1.82) is 0 Å². The summed E-state index contributed by atoms with van der Waals surface area (Å²) < 4.78 is 8.62. The zero-order valence-electron chi connectivity index (χ0n) is 17.4. The summed E-state index contributed by atoms with van der Waals surface area (Å²) in [5.74, 6) is 0.675. The lowest BCUT2D eigenvalue weighted by Crippen LogP contribution is -2.24. The number of H-pyrrole nitrogens is 1. The number of thioether (sulfide) groups is 1. The van der Waals surface area contributed by atoms with Crippen molar-refractivity contribution in [3.63, 3.8) is 0 Å². The van der Waals surface area contributed by atoms with Gasteiger partial charge in [0.25, 0.3) is 5.56 Å². The number of benzene rings is 2. The second-order valence-corrected chi connectivity index (χ2v) is 8.34. The monoisotopic (exact) mass is 447 g/mol. The van der Waals surface area contributed by atoms with Crippen molar-refractivity contribution in [2.45, 2.75) is 18.1 Å². The average molecular weight is 448 g/mol. The molecule has 162 valence electrons.